The van der Waals surface area contributed by atoms with Crippen molar-refractivity contribution in [3.05, 3.63) is 35.0 Å². The third-order valence-electron chi connectivity index (χ3n) is 3.23. The van der Waals surface area contributed by atoms with Crippen molar-refractivity contribution in [2.75, 3.05) is 5.75 Å². The third kappa shape index (κ3) is 2.79. The fraction of sp³-hybridized carbons (Fsp3) is 0.429. The minimum atomic E-state index is -3.05. The molecule has 3 nitrogen and oxygen atoms in total. The van der Waals surface area contributed by atoms with Crippen LogP contribution < -0.4 is 0 Å². The molecular formula is C14H18ClNO2S. The van der Waals surface area contributed by atoms with Crippen LogP contribution in [0.2, 0.25) is 5.02 Å². The summed E-state index contributed by atoms with van der Waals surface area (Å²) < 4.78 is 25.8. The molecule has 1 aromatic carbocycles. The molecule has 2 rings (SSSR count). The van der Waals surface area contributed by atoms with Crippen molar-refractivity contribution in [2.45, 2.75) is 32.6 Å². The zero-order chi connectivity index (χ0) is 14.2. The highest BCUT2D eigenvalue weighted by Gasteiger charge is 2.18. The van der Waals surface area contributed by atoms with Crippen LogP contribution in [0.25, 0.3) is 10.9 Å². The molecule has 0 atom stereocenters. The average Bonchev–Trinajstić information content (AvgIpc) is 2.68. The van der Waals surface area contributed by atoms with E-state index < -0.39 is 9.84 Å². The van der Waals surface area contributed by atoms with E-state index in [1.165, 1.54) is 0 Å². The standard InChI is InChI=1S/C14H18ClNO2S/c1-4-19(17,18)9-11-8-12-13(15)6-5-7-14(12)16(11)10(2)3/h5-8,10H,4,9H2,1-3H3. The fourth-order valence-electron chi connectivity index (χ4n) is 2.32. The summed E-state index contributed by atoms with van der Waals surface area (Å²) >= 11 is 6.19. The van der Waals surface area contributed by atoms with E-state index >= 15 is 0 Å². The second kappa shape index (κ2) is 5.17. The molecule has 19 heavy (non-hydrogen) atoms. The van der Waals surface area contributed by atoms with Crippen molar-refractivity contribution in [1.29, 1.82) is 0 Å². The first-order chi connectivity index (χ1) is 8.85. The second-order valence-electron chi connectivity index (χ2n) is 4.95. The van der Waals surface area contributed by atoms with Gasteiger partial charge in [0.1, 0.15) is 0 Å². The molecule has 0 aliphatic carbocycles. The molecule has 0 amide bonds. The van der Waals surface area contributed by atoms with Gasteiger partial charge in [-0.15, -0.1) is 0 Å². The Morgan fingerprint density at radius 2 is 2.00 bits per heavy atom. The molecule has 0 bridgehead atoms. The number of aromatic nitrogens is 1. The van der Waals surface area contributed by atoms with Gasteiger partial charge in [-0.25, -0.2) is 8.42 Å². The summed E-state index contributed by atoms with van der Waals surface area (Å²) in [7, 11) is -3.05. The van der Waals surface area contributed by atoms with E-state index in [-0.39, 0.29) is 17.5 Å². The normalized spacial score (nSPS) is 12.5. The SMILES string of the molecule is CCS(=O)(=O)Cc1cc2c(Cl)cccc2n1C(C)C. The molecule has 0 spiro atoms. The van der Waals surface area contributed by atoms with Gasteiger partial charge in [0.25, 0.3) is 0 Å². The number of sulfone groups is 1. The molecule has 0 N–H and O–H groups in total. The number of nitrogens with zero attached hydrogens (tertiary/aromatic N) is 1. The van der Waals surface area contributed by atoms with Gasteiger partial charge in [0.2, 0.25) is 0 Å². The van der Waals surface area contributed by atoms with Crippen LogP contribution in [0.4, 0.5) is 0 Å². The Kier molecular flexibility index (Phi) is 3.92. The summed E-state index contributed by atoms with van der Waals surface area (Å²) in [5, 5.41) is 1.58. The Balaban J connectivity index is 2.67. The lowest BCUT2D eigenvalue weighted by Gasteiger charge is -2.14. The maximum Gasteiger partial charge on any atom is 0.155 e. The molecule has 0 unspecified atom stereocenters. The largest absolute Gasteiger partial charge is 0.341 e. The monoisotopic (exact) mass is 299 g/mol. The quantitative estimate of drug-likeness (QED) is 0.861. The first-order valence-corrected chi connectivity index (χ1v) is 8.54. The molecule has 0 radical (unpaired) electrons. The predicted octanol–water partition coefficient (Wildman–Crippen LogP) is 3.81. The Labute approximate surface area is 119 Å². The van der Waals surface area contributed by atoms with Crippen LogP contribution in [0.15, 0.2) is 24.3 Å². The fourth-order valence-corrected chi connectivity index (χ4v) is 3.42. The van der Waals surface area contributed by atoms with Gasteiger partial charge >= 0.3 is 0 Å². The molecule has 1 heterocycles. The van der Waals surface area contributed by atoms with Crippen LogP contribution in [-0.4, -0.2) is 18.7 Å². The van der Waals surface area contributed by atoms with E-state index in [2.05, 4.69) is 4.57 Å². The molecule has 0 saturated carbocycles. The van der Waals surface area contributed by atoms with Crippen molar-refractivity contribution in [3.63, 3.8) is 0 Å². The van der Waals surface area contributed by atoms with Gasteiger partial charge in [-0.1, -0.05) is 24.6 Å². The van der Waals surface area contributed by atoms with Crippen molar-refractivity contribution < 1.29 is 8.42 Å². The zero-order valence-corrected chi connectivity index (χ0v) is 12.9. The lowest BCUT2D eigenvalue weighted by Crippen LogP contribution is -2.12. The lowest BCUT2D eigenvalue weighted by atomic mass is 10.2. The number of hydrogen-bond acceptors (Lipinski definition) is 2. The second-order valence-corrected chi connectivity index (χ2v) is 7.71. The van der Waals surface area contributed by atoms with Crippen molar-refractivity contribution in [2.24, 2.45) is 0 Å². The van der Waals surface area contributed by atoms with Gasteiger partial charge in [-0.3, -0.25) is 0 Å². The summed E-state index contributed by atoms with van der Waals surface area (Å²) in [6, 6.07) is 7.78. The Morgan fingerprint density at radius 3 is 2.58 bits per heavy atom. The highest BCUT2D eigenvalue weighted by atomic mass is 35.5. The summed E-state index contributed by atoms with van der Waals surface area (Å²) in [6.45, 7) is 5.76. The van der Waals surface area contributed by atoms with E-state index in [9.17, 15) is 8.42 Å². The summed E-state index contributed by atoms with van der Waals surface area (Å²) in [6.07, 6.45) is 0. The van der Waals surface area contributed by atoms with Gasteiger partial charge in [-0.05, 0) is 32.0 Å². The van der Waals surface area contributed by atoms with Crippen LogP contribution in [0.3, 0.4) is 0 Å². The number of halogens is 1. The topological polar surface area (TPSA) is 39.1 Å². The highest BCUT2D eigenvalue weighted by molar-refractivity contribution is 7.90. The van der Waals surface area contributed by atoms with E-state index in [1.54, 1.807) is 6.92 Å². The van der Waals surface area contributed by atoms with Gasteiger partial charge < -0.3 is 4.57 Å². The van der Waals surface area contributed by atoms with Crippen LogP contribution in [0, 0.1) is 0 Å². The summed E-state index contributed by atoms with van der Waals surface area (Å²) in [4.78, 5) is 0. The number of fused-ring (bicyclic) bond motifs is 1. The lowest BCUT2D eigenvalue weighted by molar-refractivity contribution is 0.582. The first kappa shape index (κ1) is 14.4. The minimum absolute atomic E-state index is 0.0622. The van der Waals surface area contributed by atoms with Crippen LogP contribution in [-0.2, 0) is 15.6 Å². The van der Waals surface area contributed by atoms with E-state index in [0.717, 1.165) is 16.6 Å². The highest BCUT2D eigenvalue weighted by Crippen LogP contribution is 2.30. The molecule has 104 valence electrons. The maximum absolute atomic E-state index is 11.9. The molecule has 0 aliphatic heterocycles. The predicted molar refractivity (Wildman–Crippen MR) is 80.5 cm³/mol. The third-order valence-corrected chi connectivity index (χ3v) is 5.18. The van der Waals surface area contributed by atoms with E-state index in [0.29, 0.717) is 5.02 Å². The number of benzene rings is 1. The average molecular weight is 300 g/mol. The Hall–Kier alpha value is -1.00. The van der Waals surface area contributed by atoms with Crippen molar-refractivity contribution in [3.8, 4) is 0 Å². The summed E-state index contributed by atoms with van der Waals surface area (Å²) in [5.74, 6) is 0.215. The molecule has 0 saturated heterocycles. The summed E-state index contributed by atoms with van der Waals surface area (Å²) in [5.41, 5.74) is 1.80. The number of rotatable bonds is 4. The van der Waals surface area contributed by atoms with E-state index in [4.69, 9.17) is 11.6 Å². The molecule has 1 aromatic heterocycles. The molecule has 2 aromatic rings. The smallest absolute Gasteiger partial charge is 0.155 e. The number of hydrogen-bond donors (Lipinski definition) is 0. The van der Waals surface area contributed by atoms with Gasteiger partial charge in [0.05, 0.1) is 5.75 Å². The molecular weight excluding hydrogens is 282 g/mol. The Morgan fingerprint density at radius 1 is 1.32 bits per heavy atom. The van der Waals surface area contributed by atoms with Crippen LogP contribution in [0.5, 0.6) is 0 Å². The molecule has 5 heteroatoms. The molecule has 0 aliphatic rings. The first-order valence-electron chi connectivity index (χ1n) is 6.34. The van der Waals surface area contributed by atoms with Gasteiger partial charge in [0, 0.05) is 33.4 Å². The maximum atomic E-state index is 11.9. The van der Waals surface area contributed by atoms with Crippen LogP contribution in [0.1, 0.15) is 32.5 Å². The zero-order valence-electron chi connectivity index (χ0n) is 11.4. The van der Waals surface area contributed by atoms with Crippen molar-refractivity contribution >= 4 is 32.3 Å². The van der Waals surface area contributed by atoms with Gasteiger partial charge in [0.15, 0.2) is 9.84 Å². The van der Waals surface area contributed by atoms with E-state index in [1.807, 2.05) is 38.1 Å². The van der Waals surface area contributed by atoms with Crippen molar-refractivity contribution in [1.82, 2.24) is 4.57 Å². The van der Waals surface area contributed by atoms with Crippen LogP contribution >= 0.6 is 11.6 Å². The van der Waals surface area contributed by atoms with Gasteiger partial charge in [-0.2, -0.15) is 0 Å². The molecule has 0 fully saturated rings. The Bertz CT molecular complexity index is 702. The minimum Gasteiger partial charge on any atom is -0.341 e.